The van der Waals surface area contributed by atoms with Crippen LogP contribution in [-0.4, -0.2) is 29.6 Å². The summed E-state index contributed by atoms with van der Waals surface area (Å²) in [4.78, 5) is 11.6. The number of nitrogens with zero attached hydrogens (tertiary/aromatic N) is 3. The van der Waals surface area contributed by atoms with Gasteiger partial charge in [0.2, 0.25) is 5.95 Å². The van der Waals surface area contributed by atoms with Crippen LogP contribution >= 0.6 is 0 Å². The first-order chi connectivity index (χ1) is 9.60. The Balaban J connectivity index is 1.95. The Bertz CT molecular complexity index is 430. The summed E-state index contributed by atoms with van der Waals surface area (Å²) in [5.41, 5.74) is 2.31. The van der Waals surface area contributed by atoms with E-state index in [4.69, 9.17) is 4.98 Å². The second kappa shape index (κ2) is 7.02. The molecule has 1 aliphatic heterocycles. The fourth-order valence-corrected chi connectivity index (χ4v) is 2.65. The normalized spacial score (nSPS) is 19.1. The van der Waals surface area contributed by atoms with Gasteiger partial charge in [-0.15, -0.1) is 0 Å². The van der Waals surface area contributed by atoms with Crippen molar-refractivity contribution < 1.29 is 0 Å². The summed E-state index contributed by atoms with van der Waals surface area (Å²) in [6, 6.07) is 0. The molecule has 112 valence electrons. The van der Waals surface area contributed by atoms with Crippen LogP contribution in [-0.2, 0) is 6.54 Å². The van der Waals surface area contributed by atoms with E-state index < -0.39 is 0 Å². The van der Waals surface area contributed by atoms with Gasteiger partial charge in [-0.2, -0.15) is 0 Å². The molecule has 0 aliphatic carbocycles. The SMILES string of the molecule is CCC1CCN(c2ncc(CNCC(C)C)c(C)n2)C1. The van der Waals surface area contributed by atoms with E-state index >= 15 is 0 Å². The predicted octanol–water partition coefficient (Wildman–Crippen LogP) is 2.77. The third-order valence-corrected chi connectivity index (χ3v) is 4.08. The van der Waals surface area contributed by atoms with E-state index in [-0.39, 0.29) is 0 Å². The molecule has 0 amide bonds. The minimum atomic E-state index is 0.672. The summed E-state index contributed by atoms with van der Waals surface area (Å²) in [7, 11) is 0. The average molecular weight is 276 g/mol. The predicted molar refractivity (Wildman–Crippen MR) is 83.9 cm³/mol. The van der Waals surface area contributed by atoms with Crippen molar-refractivity contribution in [2.45, 2.75) is 47.1 Å². The van der Waals surface area contributed by atoms with Crippen LogP contribution in [0.2, 0.25) is 0 Å². The molecule has 20 heavy (non-hydrogen) atoms. The van der Waals surface area contributed by atoms with E-state index in [0.29, 0.717) is 5.92 Å². The van der Waals surface area contributed by atoms with E-state index in [0.717, 1.165) is 43.7 Å². The number of anilines is 1. The second-order valence-electron chi connectivity index (χ2n) is 6.31. The molecule has 1 unspecified atom stereocenters. The molecule has 2 rings (SSSR count). The number of hydrogen-bond donors (Lipinski definition) is 1. The standard InChI is InChI=1S/C16H28N4/c1-5-14-6-7-20(11-14)16-18-10-15(13(4)19-16)9-17-8-12(2)3/h10,12,14,17H,5-9,11H2,1-4H3. The Morgan fingerprint density at radius 1 is 1.45 bits per heavy atom. The minimum Gasteiger partial charge on any atom is -0.341 e. The zero-order valence-corrected chi connectivity index (χ0v) is 13.3. The highest BCUT2D eigenvalue weighted by atomic mass is 15.3. The second-order valence-corrected chi connectivity index (χ2v) is 6.31. The molecular formula is C16H28N4. The first-order valence-corrected chi connectivity index (χ1v) is 7.88. The molecule has 0 radical (unpaired) electrons. The van der Waals surface area contributed by atoms with Crippen LogP contribution in [0, 0.1) is 18.8 Å². The molecular weight excluding hydrogens is 248 g/mol. The minimum absolute atomic E-state index is 0.672. The van der Waals surface area contributed by atoms with Crippen molar-refractivity contribution in [2.24, 2.45) is 11.8 Å². The van der Waals surface area contributed by atoms with Crippen molar-refractivity contribution in [2.75, 3.05) is 24.5 Å². The largest absolute Gasteiger partial charge is 0.341 e. The summed E-state index contributed by atoms with van der Waals surface area (Å²) in [5.74, 6) is 2.39. The van der Waals surface area contributed by atoms with Crippen LogP contribution in [0.25, 0.3) is 0 Å². The summed E-state index contributed by atoms with van der Waals surface area (Å²) in [6.45, 7) is 12.9. The van der Waals surface area contributed by atoms with E-state index in [9.17, 15) is 0 Å². The highest BCUT2D eigenvalue weighted by molar-refractivity contribution is 5.34. The van der Waals surface area contributed by atoms with Gasteiger partial charge in [0.15, 0.2) is 0 Å². The first-order valence-electron chi connectivity index (χ1n) is 7.88. The molecule has 1 saturated heterocycles. The van der Waals surface area contributed by atoms with Crippen LogP contribution in [0.15, 0.2) is 6.20 Å². The van der Waals surface area contributed by atoms with Crippen LogP contribution in [0.3, 0.4) is 0 Å². The molecule has 0 spiro atoms. The molecule has 2 heterocycles. The van der Waals surface area contributed by atoms with Gasteiger partial charge in [0.25, 0.3) is 0 Å². The van der Waals surface area contributed by atoms with Crippen LogP contribution in [0.5, 0.6) is 0 Å². The maximum absolute atomic E-state index is 4.70. The van der Waals surface area contributed by atoms with Crippen molar-refractivity contribution in [3.63, 3.8) is 0 Å². The van der Waals surface area contributed by atoms with Gasteiger partial charge >= 0.3 is 0 Å². The maximum atomic E-state index is 4.70. The number of aryl methyl sites for hydroxylation is 1. The lowest BCUT2D eigenvalue weighted by Crippen LogP contribution is -2.24. The molecule has 1 aromatic rings. The molecule has 1 atom stereocenters. The lowest BCUT2D eigenvalue weighted by atomic mass is 10.1. The van der Waals surface area contributed by atoms with E-state index in [1.54, 1.807) is 0 Å². The smallest absolute Gasteiger partial charge is 0.225 e. The van der Waals surface area contributed by atoms with Gasteiger partial charge in [-0.3, -0.25) is 0 Å². The first kappa shape index (κ1) is 15.2. The third kappa shape index (κ3) is 3.92. The van der Waals surface area contributed by atoms with E-state index in [1.807, 2.05) is 6.20 Å². The molecule has 1 fully saturated rings. The summed E-state index contributed by atoms with van der Waals surface area (Å²) < 4.78 is 0. The maximum Gasteiger partial charge on any atom is 0.225 e. The highest BCUT2D eigenvalue weighted by Crippen LogP contribution is 2.23. The molecule has 1 aliphatic rings. The van der Waals surface area contributed by atoms with Crippen molar-refractivity contribution in [1.29, 1.82) is 0 Å². The number of nitrogens with one attached hydrogen (secondary N) is 1. The van der Waals surface area contributed by atoms with Gasteiger partial charge in [-0.1, -0.05) is 27.2 Å². The van der Waals surface area contributed by atoms with Crippen molar-refractivity contribution in [3.8, 4) is 0 Å². The van der Waals surface area contributed by atoms with Gasteiger partial charge in [0.05, 0.1) is 0 Å². The van der Waals surface area contributed by atoms with E-state index in [1.165, 1.54) is 18.4 Å². The summed E-state index contributed by atoms with van der Waals surface area (Å²) >= 11 is 0. The molecule has 0 aromatic carbocycles. The fourth-order valence-electron chi connectivity index (χ4n) is 2.65. The van der Waals surface area contributed by atoms with E-state index in [2.05, 4.69) is 42.9 Å². The Kier molecular flexibility index (Phi) is 5.35. The monoisotopic (exact) mass is 276 g/mol. The summed E-state index contributed by atoms with van der Waals surface area (Å²) in [6.07, 6.45) is 4.52. The molecule has 4 heteroatoms. The zero-order valence-electron chi connectivity index (χ0n) is 13.3. The van der Waals surface area contributed by atoms with Gasteiger partial charge < -0.3 is 10.2 Å². The molecule has 4 nitrogen and oxygen atoms in total. The highest BCUT2D eigenvalue weighted by Gasteiger charge is 2.23. The number of aromatic nitrogens is 2. The van der Waals surface area contributed by atoms with Crippen molar-refractivity contribution in [1.82, 2.24) is 15.3 Å². The van der Waals surface area contributed by atoms with Gasteiger partial charge in [-0.25, -0.2) is 9.97 Å². The lowest BCUT2D eigenvalue weighted by Gasteiger charge is -2.17. The molecule has 0 saturated carbocycles. The van der Waals surface area contributed by atoms with Gasteiger partial charge in [0, 0.05) is 37.1 Å². The Morgan fingerprint density at radius 2 is 2.25 bits per heavy atom. The fraction of sp³-hybridized carbons (Fsp3) is 0.750. The lowest BCUT2D eigenvalue weighted by molar-refractivity contribution is 0.550. The quantitative estimate of drug-likeness (QED) is 0.867. The third-order valence-electron chi connectivity index (χ3n) is 4.08. The Labute approximate surface area is 123 Å². The number of rotatable bonds is 6. The Morgan fingerprint density at radius 3 is 2.85 bits per heavy atom. The zero-order chi connectivity index (χ0) is 14.5. The topological polar surface area (TPSA) is 41.1 Å². The molecule has 0 bridgehead atoms. The van der Waals surface area contributed by atoms with Crippen LogP contribution < -0.4 is 10.2 Å². The number of hydrogen-bond acceptors (Lipinski definition) is 4. The molecule has 1 aromatic heterocycles. The van der Waals surface area contributed by atoms with Crippen molar-refractivity contribution >= 4 is 5.95 Å². The van der Waals surface area contributed by atoms with Crippen LogP contribution in [0.1, 0.15) is 44.9 Å². The van der Waals surface area contributed by atoms with Crippen molar-refractivity contribution in [3.05, 3.63) is 17.5 Å². The Hall–Kier alpha value is -1.16. The van der Waals surface area contributed by atoms with Crippen LogP contribution in [0.4, 0.5) is 5.95 Å². The van der Waals surface area contributed by atoms with Gasteiger partial charge in [-0.05, 0) is 31.7 Å². The molecule has 1 N–H and O–H groups in total. The summed E-state index contributed by atoms with van der Waals surface area (Å²) in [5, 5.41) is 3.45. The average Bonchev–Trinajstić information content (AvgIpc) is 2.89. The van der Waals surface area contributed by atoms with Gasteiger partial charge in [0.1, 0.15) is 0 Å².